The standard InChI is InChI=1S/C33H28O8/c1-5-27-22(4)28(40-32(36)20-12-23-8-14-25(15-9-23)38-30(34)6-2)18-19-29(27)41-33(37)21-13-24-10-16-26(17-11-24)39-31(35)7-3/h6-21H,2-3,5H2,1,4H3/b20-12+,21-13+. The van der Waals surface area contributed by atoms with E-state index in [0.29, 0.717) is 46.1 Å². The molecule has 3 aromatic carbocycles. The third-order valence-electron chi connectivity index (χ3n) is 5.63. The van der Waals surface area contributed by atoms with Crippen LogP contribution in [0, 0.1) is 6.92 Å². The van der Waals surface area contributed by atoms with Gasteiger partial charge in [0.1, 0.15) is 23.0 Å². The first-order chi connectivity index (χ1) is 19.7. The summed E-state index contributed by atoms with van der Waals surface area (Å²) in [7, 11) is 0. The van der Waals surface area contributed by atoms with Gasteiger partial charge in [-0.25, -0.2) is 19.2 Å². The van der Waals surface area contributed by atoms with Crippen LogP contribution in [0.5, 0.6) is 23.0 Å². The zero-order valence-corrected chi connectivity index (χ0v) is 22.6. The molecule has 0 aliphatic heterocycles. The second-order valence-electron chi connectivity index (χ2n) is 8.42. The van der Waals surface area contributed by atoms with Crippen molar-refractivity contribution >= 4 is 36.0 Å². The summed E-state index contributed by atoms with van der Waals surface area (Å²) in [6.07, 6.45) is 8.38. The molecule has 3 rings (SSSR count). The Morgan fingerprint density at radius 2 is 1.02 bits per heavy atom. The van der Waals surface area contributed by atoms with E-state index in [0.717, 1.165) is 17.7 Å². The molecule has 0 N–H and O–H groups in total. The summed E-state index contributed by atoms with van der Waals surface area (Å²) in [5, 5.41) is 0. The summed E-state index contributed by atoms with van der Waals surface area (Å²) >= 11 is 0. The Labute approximate surface area is 237 Å². The van der Waals surface area contributed by atoms with Crippen LogP contribution < -0.4 is 18.9 Å². The molecule has 0 aromatic heterocycles. The summed E-state index contributed by atoms with van der Waals surface area (Å²) in [6.45, 7) is 10.4. The molecule has 0 atom stereocenters. The van der Waals surface area contributed by atoms with Gasteiger partial charge in [-0.3, -0.25) is 0 Å². The topological polar surface area (TPSA) is 105 Å². The Balaban J connectivity index is 1.61. The highest BCUT2D eigenvalue weighted by atomic mass is 16.5. The monoisotopic (exact) mass is 552 g/mol. The number of carbonyl (C=O) groups is 4. The van der Waals surface area contributed by atoms with E-state index in [1.165, 1.54) is 12.2 Å². The van der Waals surface area contributed by atoms with Crippen LogP contribution in [0.1, 0.15) is 29.2 Å². The third kappa shape index (κ3) is 9.04. The van der Waals surface area contributed by atoms with Crippen molar-refractivity contribution in [3.8, 4) is 23.0 Å². The summed E-state index contributed by atoms with van der Waals surface area (Å²) in [6, 6.07) is 16.3. The minimum Gasteiger partial charge on any atom is -0.423 e. The molecule has 0 aliphatic carbocycles. The first-order valence-corrected chi connectivity index (χ1v) is 12.5. The third-order valence-corrected chi connectivity index (χ3v) is 5.63. The molecule has 0 unspecified atom stereocenters. The van der Waals surface area contributed by atoms with Crippen LogP contribution in [-0.4, -0.2) is 23.9 Å². The molecule has 208 valence electrons. The van der Waals surface area contributed by atoms with Crippen molar-refractivity contribution in [2.45, 2.75) is 20.3 Å². The maximum absolute atomic E-state index is 12.5. The smallest absolute Gasteiger partial charge is 0.336 e. The van der Waals surface area contributed by atoms with E-state index < -0.39 is 23.9 Å². The van der Waals surface area contributed by atoms with Gasteiger partial charge in [-0.15, -0.1) is 0 Å². The fourth-order valence-corrected chi connectivity index (χ4v) is 3.58. The largest absolute Gasteiger partial charge is 0.423 e. The van der Waals surface area contributed by atoms with Gasteiger partial charge < -0.3 is 18.9 Å². The van der Waals surface area contributed by atoms with Crippen LogP contribution in [0.25, 0.3) is 12.2 Å². The number of rotatable bonds is 11. The number of benzene rings is 3. The lowest BCUT2D eigenvalue weighted by molar-refractivity contribution is -0.130. The normalized spacial score (nSPS) is 10.7. The predicted octanol–water partition coefficient (Wildman–Crippen LogP) is 5.98. The molecule has 3 aromatic rings. The molecule has 8 heteroatoms. The van der Waals surface area contributed by atoms with Crippen molar-refractivity contribution in [2.75, 3.05) is 0 Å². The second-order valence-corrected chi connectivity index (χ2v) is 8.42. The fourth-order valence-electron chi connectivity index (χ4n) is 3.58. The quantitative estimate of drug-likeness (QED) is 0.163. The van der Waals surface area contributed by atoms with E-state index in [4.69, 9.17) is 18.9 Å². The SMILES string of the molecule is C=CC(=O)Oc1ccc(/C=C/C(=O)Oc2ccc(OC(=O)/C=C/c3ccc(OC(=O)C=C)cc3)c(CC)c2C)cc1. The van der Waals surface area contributed by atoms with E-state index in [1.807, 2.05) is 6.92 Å². The number of esters is 4. The first kappa shape index (κ1) is 30.0. The van der Waals surface area contributed by atoms with Crippen LogP contribution in [0.2, 0.25) is 0 Å². The lowest BCUT2D eigenvalue weighted by Crippen LogP contribution is -2.09. The Bertz CT molecular complexity index is 1510. The van der Waals surface area contributed by atoms with Crippen LogP contribution in [0.15, 0.2) is 98.1 Å². The molecular formula is C33H28O8. The maximum atomic E-state index is 12.5. The molecule has 0 bridgehead atoms. The fraction of sp³-hybridized carbons (Fsp3) is 0.0909. The van der Waals surface area contributed by atoms with E-state index in [9.17, 15) is 19.2 Å². The molecular weight excluding hydrogens is 524 g/mol. The van der Waals surface area contributed by atoms with Gasteiger partial charge in [-0.1, -0.05) is 44.3 Å². The zero-order valence-electron chi connectivity index (χ0n) is 22.6. The van der Waals surface area contributed by atoms with Gasteiger partial charge in [0.05, 0.1) is 0 Å². The highest BCUT2D eigenvalue weighted by Gasteiger charge is 2.14. The van der Waals surface area contributed by atoms with Crippen molar-refractivity contribution in [3.05, 3.63) is 120 Å². The van der Waals surface area contributed by atoms with Gasteiger partial charge in [0.15, 0.2) is 0 Å². The Morgan fingerprint density at radius 1 is 0.610 bits per heavy atom. The van der Waals surface area contributed by atoms with Crippen molar-refractivity contribution in [3.63, 3.8) is 0 Å². The van der Waals surface area contributed by atoms with Gasteiger partial charge in [-0.2, -0.15) is 0 Å². The van der Waals surface area contributed by atoms with Gasteiger partial charge in [-0.05, 0) is 78.6 Å². The van der Waals surface area contributed by atoms with E-state index in [-0.39, 0.29) is 0 Å². The number of ether oxygens (including phenoxy) is 4. The average molecular weight is 553 g/mol. The number of hydrogen-bond donors (Lipinski definition) is 0. The molecule has 41 heavy (non-hydrogen) atoms. The highest BCUT2D eigenvalue weighted by molar-refractivity contribution is 5.90. The van der Waals surface area contributed by atoms with E-state index in [1.54, 1.807) is 79.7 Å². The van der Waals surface area contributed by atoms with Gasteiger partial charge >= 0.3 is 23.9 Å². The molecule has 0 aliphatic rings. The minimum atomic E-state index is -0.588. The number of hydrogen-bond acceptors (Lipinski definition) is 8. The molecule has 0 radical (unpaired) electrons. The predicted molar refractivity (Wildman–Crippen MR) is 154 cm³/mol. The molecule has 0 heterocycles. The molecule has 0 saturated heterocycles. The first-order valence-electron chi connectivity index (χ1n) is 12.5. The lowest BCUT2D eigenvalue weighted by atomic mass is 10.0. The molecule has 0 amide bonds. The Morgan fingerprint density at radius 3 is 1.44 bits per heavy atom. The average Bonchev–Trinajstić information content (AvgIpc) is 2.97. The van der Waals surface area contributed by atoms with Crippen LogP contribution in [0.4, 0.5) is 0 Å². The summed E-state index contributed by atoms with van der Waals surface area (Å²) < 4.78 is 21.1. The van der Waals surface area contributed by atoms with Crippen LogP contribution >= 0.6 is 0 Å². The van der Waals surface area contributed by atoms with E-state index >= 15 is 0 Å². The Kier molecular flexibility index (Phi) is 10.7. The zero-order chi connectivity index (χ0) is 29.8. The molecule has 0 fully saturated rings. The van der Waals surface area contributed by atoms with Crippen molar-refractivity contribution in [2.24, 2.45) is 0 Å². The van der Waals surface area contributed by atoms with Crippen molar-refractivity contribution in [1.82, 2.24) is 0 Å². The van der Waals surface area contributed by atoms with Gasteiger partial charge in [0, 0.05) is 29.9 Å². The Hall–Kier alpha value is -5.50. The summed E-state index contributed by atoms with van der Waals surface area (Å²) in [5.41, 5.74) is 2.80. The van der Waals surface area contributed by atoms with E-state index in [2.05, 4.69) is 13.2 Å². The summed E-state index contributed by atoms with van der Waals surface area (Å²) in [4.78, 5) is 47.5. The number of carbonyl (C=O) groups excluding carboxylic acids is 4. The molecule has 8 nitrogen and oxygen atoms in total. The van der Waals surface area contributed by atoms with Crippen molar-refractivity contribution in [1.29, 1.82) is 0 Å². The maximum Gasteiger partial charge on any atom is 0.336 e. The lowest BCUT2D eigenvalue weighted by Gasteiger charge is -2.14. The van der Waals surface area contributed by atoms with Crippen molar-refractivity contribution < 1.29 is 38.1 Å². The highest BCUT2D eigenvalue weighted by Crippen LogP contribution is 2.31. The second kappa shape index (κ2) is 14.6. The molecule has 0 saturated carbocycles. The molecule has 0 spiro atoms. The van der Waals surface area contributed by atoms with Crippen LogP contribution in [0.3, 0.4) is 0 Å². The van der Waals surface area contributed by atoms with Gasteiger partial charge in [0.25, 0.3) is 0 Å². The minimum absolute atomic E-state index is 0.343. The summed E-state index contributed by atoms with van der Waals surface area (Å²) in [5.74, 6) is -0.877. The van der Waals surface area contributed by atoms with Crippen LogP contribution in [-0.2, 0) is 25.6 Å². The van der Waals surface area contributed by atoms with Gasteiger partial charge in [0.2, 0.25) is 0 Å².